The molecule has 126 valence electrons. The van der Waals surface area contributed by atoms with E-state index in [9.17, 15) is 0 Å². The first-order chi connectivity index (χ1) is 12.9. The Labute approximate surface area is 174 Å². The molecule has 2 aliphatic rings. The Kier molecular flexibility index (Phi) is 3.93. The van der Waals surface area contributed by atoms with Crippen LogP contribution in [0.5, 0.6) is 0 Å². The van der Waals surface area contributed by atoms with Crippen LogP contribution in [0.25, 0.3) is 33.4 Å². The Morgan fingerprint density at radius 3 is 1.15 bits per heavy atom. The van der Waals surface area contributed by atoms with Crippen LogP contribution in [0.1, 0.15) is 22.3 Å². The molecule has 0 saturated heterocycles. The van der Waals surface area contributed by atoms with Crippen molar-refractivity contribution in [1.29, 1.82) is 0 Å². The van der Waals surface area contributed by atoms with Gasteiger partial charge in [0.15, 0.2) is 0 Å². The molecule has 0 atom stereocenters. The Bertz CT molecular complexity index is 1090. The zero-order chi connectivity index (χ0) is 17.1. The first kappa shape index (κ1) is 16.7. The summed E-state index contributed by atoms with van der Waals surface area (Å²) in [5.41, 5.74) is 14.3. The van der Waals surface area contributed by atoms with Crippen molar-refractivity contribution in [2.24, 2.45) is 0 Å². The molecule has 0 nitrogen and oxygen atoms in total. The summed E-state index contributed by atoms with van der Waals surface area (Å²) in [5.74, 6) is 0. The van der Waals surface area contributed by atoms with Crippen molar-refractivity contribution in [3.63, 3.8) is 0 Å². The molecular formula is C26H18Ti. The Balaban J connectivity index is 0.00000160. The minimum Gasteiger partial charge on any atom is -0.0619 e. The maximum absolute atomic E-state index is 2.31. The largest absolute Gasteiger partial charge is 0.0619 e. The van der Waals surface area contributed by atoms with Crippen LogP contribution in [0.3, 0.4) is 0 Å². The van der Waals surface area contributed by atoms with Gasteiger partial charge in [0, 0.05) is 21.7 Å². The zero-order valence-corrected chi connectivity index (χ0v) is 16.6. The van der Waals surface area contributed by atoms with Crippen LogP contribution in [-0.4, -0.2) is 0 Å². The molecule has 0 aromatic heterocycles. The fourth-order valence-electron chi connectivity index (χ4n) is 4.82. The van der Waals surface area contributed by atoms with E-state index >= 15 is 0 Å². The third kappa shape index (κ3) is 2.41. The molecule has 2 aliphatic carbocycles. The molecule has 4 aromatic carbocycles. The van der Waals surface area contributed by atoms with Crippen LogP contribution in [-0.2, 0) is 34.6 Å². The molecule has 1 heteroatoms. The molecule has 0 spiro atoms. The number of rotatable bonds is 1. The minimum atomic E-state index is 0. The van der Waals surface area contributed by atoms with Crippen LogP contribution >= 0.6 is 0 Å². The van der Waals surface area contributed by atoms with Crippen molar-refractivity contribution >= 4 is 0 Å². The molecule has 4 aromatic rings. The number of hydrogen-bond acceptors (Lipinski definition) is 0. The third-order valence-corrected chi connectivity index (χ3v) is 5.99. The molecule has 0 saturated carbocycles. The van der Waals surface area contributed by atoms with Crippen LogP contribution < -0.4 is 0 Å². The van der Waals surface area contributed by atoms with Gasteiger partial charge < -0.3 is 0 Å². The topological polar surface area (TPSA) is 0 Å². The van der Waals surface area contributed by atoms with Crippen molar-refractivity contribution in [2.45, 2.75) is 12.8 Å². The number of hydrogen-bond donors (Lipinski definition) is 0. The van der Waals surface area contributed by atoms with Gasteiger partial charge in [-0.2, -0.15) is 0 Å². The van der Waals surface area contributed by atoms with Gasteiger partial charge in [0.2, 0.25) is 0 Å². The summed E-state index contributed by atoms with van der Waals surface area (Å²) in [5, 5.41) is 0. The summed E-state index contributed by atoms with van der Waals surface area (Å²) < 4.78 is 0. The Morgan fingerprint density at radius 1 is 0.370 bits per heavy atom. The van der Waals surface area contributed by atoms with Crippen molar-refractivity contribution in [3.05, 3.63) is 107 Å². The fourth-order valence-corrected chi connectivity index (χ4v) is 4.82. The van der Waals surface area contributed by atoms with Crippen LogP contribution in [0, 0.1) is 0 Å². The van der Waals surface area contributed by atoms with Crippen molar-refractivity contribution < 1.29 is 21.7 Å². The first-order valence-corrected chi connectivity index (χ1v) is 9.31. The van der Waals surface area contributed by atoms with E-state index in [1.54, 1.807) is 0 Å². The van der Waals surface area contributed by atoms with E-state index in [1.807, 2.05) is 0 Å². The second-order valence-corrected chi connectivity index (χ2v) is 7.33. The van der Waals surface area contributed by atoms with Crippen LogP contribution in [0.2, 0.25) is 0 Å². The average Bonchev–Trinajstić information content (AvgIpc) is 3.26. The van der Waals surface area contributed by atoms with Gasteiger partial charge in [-0.15, -0.1) is 0 Å². The normalized spacial score (nSPS) is 12.6. The van der Waals surface area contributed by atoms with E-state index in [-0.39, 0.29) is 21.7 Å². The number of benzene rings is 4. The third-order valence-electron chi connectivity index (χ3n) is 5.99. The molecule has 0 N–H and O–H groups in total. The molecule has 27 heavy (non-hydrogen) atoms. The van der Waals surface area contributed by atoms with Gasteiger partial charge in [-0.05, 0) is 68.5 Å². The molecule has 0 bridgehead atoms. The van der Waals surface area contributed by atoms with Gasteiger partial charge in [-0.3, -0.25) is 0 Å². The Hall–Kier alpha value is -2.41. The van der Waals surface area contributed by atoms with Crippen molar-refractivity contribution in [1.82, 2.24) is 0 Å². The quantitative estimate of drug-likeness (QED) is 0.287. The average molecular weight is 378 g/mol. The summed E-state index contributed by atoms with van der Waals surface area (Å²) in [4.78, 5) is 0. The summed E-state index contributed by atoms with van der Waals surface area (Å²) in [6.07, 6.45) is 2.08. The molecular weight excluding hydrogens is 360 g/mol. The van der Waals surface area contributed by atoms with Gasteiger partial charge in [-0.25, -0.2) is 0 Å². The summed E-state index contributed by atoms with van der Waals surface area (Å²) in [6.45, 7) is 0. The molecule has 0 amide bonds. The zero-order valence-electron chi connectivity index (χ0n) is 15.0. The minimum absolute atomic E-state index is 0. The SMILES string of the molecule is [Ti].c1ccc2c(c1)Cc1c-2cccc1-c1cccc2c1Cc1ccccc1-2. The van der Waals surface area contributed by atoms with Crippen molar-refractivity contribution in [3.8, 4) is 33.4 Å². The second-order valence-electron chi connectivity index (χ2n) is 7.33. The van der Waals surface area contributed by atoms with E-state index in [0.29, 0.717) is 0 Å². The molecule has 0 unspecified atom stereocenters. The monoisotopic (exact) mass is 378 g/mol. The van der Waals surface area contributed by atoms with E-state index in [4.69, 9.17) is 0 Å². The van der Waals surface area contributed by atoms with E-state index < -0.39 is 0 Å². The first-order valence-electron chi connectivity index (χ1n) is 9.31. The van der Waals surface area contributed by atoms with Crippen LogP contribution in [0.4, 0.5) is 0 Å². The summed E-state index contributed by atoms with van der Waals surface area (Å²) in [6, 6.07) is 31.3. The van der Waals surface area contributed by atoms with Gasteiger partial charge >= 0.3 is 0 Å². The molecule has 0 aliphatic heterocycles. The van der Waals surface area contributed by atoms with Gasteiger partial charge in [-0.1, -0.05) is 84.9 Å². The summed E-state index contributed by atoms with van der Waals surface area (Å²) >= 11 is 0. The molecule has 0 heterocycles. The van der Waals surface area contributed by atoms with E-state index in [2.05, 4.69) is 84.9 Å². The molecule has 6 rings (SSSR count). The predicted octanol–water partition coefficient (Wildman–Crippen LogP) is 6.49. The van der Waals surface area contributed by atoms with Crippen molar-refractivity contribution in [2.75, 3.05) is 0 Å². The molecule has 0 fully saturated rings. The van der Waals surface area contributed by atoms with Crippen LogP contribution in [0.15, 0.2) is 84.9 Å². The maximum atomic E-state index is 2.31. The molecule has 0 radical (unpaired) electrons. The van der Waals surface area contributed by atoms with Gasteiger partial charge in [0.05, 0.1) is 0 Å². The number of fused-ring (bicyclic) bond motifs is 6. The Morgan fingerprint density at radius 2 is 0.704 bits per heavy atom. The smallest absolute Gasteiger partial charge is 0 e. The predicted molar refractivity (Wildman–Crippen MR) is 108 cm³/mol. The van der Waals surface area contributed by atoms with E-state index in [0.717, 1.165) is 12.8 Å². The second kappa shape index (κ2) is 6.34. The standard InChI is InChI=1S/C26H18.Ti/c1-3-9-19-17(7-1)15-25-21(19)11-5-13-23(25)24-14-6-12-22-20-10-4-2-8-18(20)16-26(22)24;/h1-14H,15-16H2;. The fraction of sp³-hybridized carbons (Fsp3) is 0.0769. The maximum Gasteiger partial charge on any atom is 0 e. The van der Waals surface area contributed by atoms with Gasteiger partial charge in [0.1, 0.15) is 0 Å². The van der Waals surface area contributed by atoms with E-state index in [1.165, 1.54) is 55.6 Å². The summed E-state index contributed by atoms with van der Waals surface area (Å²) in [7, 11) is 0. The van der Waals surface area contributed by atoms with Gasteiger partial charge in [0.25, 0.3) is 0 Å².